The second-order valence-corrected chi connectivity index (χ2v) is 5.26. The van der Waals surface area contributed by atoms with Gasteiger partial charge in [-0.15, -0.1) is 0 Å². The monoisotopic (exact) mass is 323 g/mol. The van der Waals surface area contributed by atoms with Crippen molar-refractivity contribution in [1.29, 1.82) is 0 Å². The molecule has 0 fully saturated rings. The molecule has 0 aliphatic carbocycles. The van der Waals surface area contributed by atoms with Gasteiger partial charge in [-0.05, 0) is 31.5 Å². The number of ether oxygens (including phenoxy) is 1. The number of ketones is 1. The van der Waals surface area contributed by atoms with Crippen LogP contribution in [0.2, 0.25) is 5.02 Å². The first-order valence-electron chi connectivity index (χ1n) is 6.68. The maximum absolute atomic E-state index is 12.4. The van der Waals surface area contributed by atoms with Gasteiger partial charge in [0.15, 0.2) is 11.7 Å². The van der Waals surface area contributed by atoms with Gasteiger partial charge in [0, 0.05) is 10.6 Å². The molecule has 0 radical (unpaired) electrons. The van der Waals surface area contributed by atoms with E-state index in [1.54, 1.807) is 19.1 Å². The Morgan fingerprint density at radius 1 is 1.36 bits per heavy atom. The summed E-state index contributed by atoms with van der Waals surface area (Å²) in [6.45, 7) is 2.73. The van der Waals surface area contributed by atoms with E-state index in [0.29, 0.717) is 16.1 Å². The lowest BCUT2D eigenvalue weighted by molar-refractivity contribution is -0.157. The van der Waals surface area contributed by atoms with Crippen LogP contribution in [0.25, 0.3) is 0 Å². The van der Waals surface area contributed by atoms with Crippen LogP contribution in [0.5, 0.6) is 0 Å². The third-order valence-electron chi connectivity index (χ3n) is 3.32. The first-order chi connectivity index (χ1) is 10.4. The lowest BCUT2D eigenvalue weighted by Crippen LogP contribution is -2.43. The molecular formula is C15H14ClNO5. The predicted octanol–water partition coefficient (Wildman–Crippen LogP) is 1.59. The Balaban J connectivity index is 2.28. The van der Waals surface area contributed by atoms with Gasteiger partial charge in [0.05, 0.1) is 13.2 Å². The van der Waals surface area contributed by atoms with Crippen molar-refractivity contribution < 1.29 is 23.9 Å². The smallest absolute Gasteiger partial charge is 0.326 e. The Labute approximate surface area is 132 Å². The summed E-state index contributed by atoms with van der Waals surface area (Å²) in [6, 6.07) is 4.70. The predicted molar refractivity (Wildman–Crippen MR) is 77.1 cm³/mol. The maximum Gasteiger partial charge on any atom is 0.326 e. The number of carbonyl (C=O) groups excluding carboxylic acids is 4. The number of imide groups is 1. The SMILES string of the molecule is CCOC(=O)C(C(C)=O)C(=O)N1Cc2ccc(Cl)cc2C1=O. The number of rotatable bonds is 4. The Kier molecular flexibility index (Phi) is 4.61. The zero-order valence-corrected chi connectivity index (χ0v) is 12.8. The summed E-state index contributed by atoms with van der Waals surface area (Å²) >= 11 is 5.84. The molecule has 1 aliphatic rings. The van der Waals surface area contributed by atoms with E-state index in [4.69, 9.17) is 16.3 Å². The Morgan fingerprint density at radius 2 is 2.05 bits per heavy atom. The number of benzene rings is 1. The molecule has 1 heterocycles. The van der Waals surface area contributed by atoms with Gasteiger partial charge in [-0.2, -0.15) is 0 Å². The largest absolute Gasteiger partial charge is 0.465 e. The lowest BCUT2D eigenvalue weighted by Gasteiger charge is -2.18. The topological polar surface area (TPSA) is 80.8 Å². The number of amides is 2. The van der Waals surface area contributed by atoms with Gasteiger partial charge in [-0.3, -0.25) is 24.1 Å². The summed E-state index contributed by atoms with van der Waals surface area (Å²) in [6.07, 6.45) is 0. The number of hydrogen-bond acceptors (Lipinski definition) is 5. The van der Waals surface area contributed by atoms with Gasteiger partial charge in [-0.1, -0.05) is 17.7 Å². The van der Waals surface area contributed by atoms with E-state index in [2.05, 4.69) is 0 Å². The molecule has 7 heteroatoms. The van der Waals surface area contributed by atoms with E-state index in [0.717, 1.165) is 11.8 Å². The summed E-state index contributed by atoms with van der Waals surface area (Å²) in [5.41, 5.74) is 0.918. The molecule has 0 saturated carbocycles. The number of nitrogens with zero attached hydrogens (tertiary/aromatic N) is 1. The second-order valence-electron chi connectivity index (χ2n) is 4.83. The third-order valence-corrected chi connectivity index (χ3v) is 3.55. The summed E-state index contributed by atoms with van der Waals surface area (Å²) in [5.74, 6) is -4.66. The highest BCUT2D eigenvalue weighted by atomic mass is 35.5. The van der Waals surface area contributed by atoms with Crippen LogP contribution in [0.1, 0.15) is 29.8 Å². The van der Waals surface area contributed by atoms with E-state index < -0.39 is 29.5 Å². The van der Waals surface area contributed by atoms with Crippen LogP contribution in [0.3, 0.4) is 0 Å². The molecule has 0 N–H and O–H groups in total. The number of fused-ring (bicyclic) bond motifs is 1. The van der Waals surface area contributed by atoms with Crippen molar-refractivity contribution >= 4 is 35.2 Å². The second kappa shape index (κ2) is 6.27. The van der Waals surface area contributed by atoms with E-state index in [1.165, 1.54) is 6.07 Å². The molecule has 2 rings (SSSR count). The molecule has 1 aromatic carbocycles. The first-order valence-corrected chi connectivity index (χ1v) is 7.05. The standard InChI is InChI=1S/C15H14ClNO5/c1-3-22-15(21)12(8(2)18)14(20)17-7-9-4-5-10(16)6-11(9)13(17)19/h4-6,12H,3,7H2,1-2H3. The zero-order valence-electron chi connectivity index (χ0n) is 12.1. The number of hydrogen-bond donors (Lipinski definition) is 0. The van der Waals surface area contributed by atoms with Crippen molar-refractivity contribution in [2.75, 3.05) is 6.61 Å². The van der Waals surface area contributed by atoms with Gasteiger partial charge in [0.2, 0.25) is 0 Å². The highest BCUT2D eigenvalue weighted by Gasteiger charge is 2.41. The van der Waals surface area contributed by atoms with Crippen molar-refractivity contribution in [3.05, 3.63) is 34.3 Å². The fraction of sp³-hybridized carbons (Fsp3) is 0.333. The molecule has 6 nitrogen and oxygen atoms in total. The van der Waals surface area contributed by atoms with Crippen molar-refractivity contribution in [2.24, 2.45) is 5.92 Å². The molecule has 1 atom stereocenters. The molecule has 2 amide bonds. The number of Topliss-reactive ketones (excluding diaryl/α,β-unsaturated/α-hetero) is 1. The number of esters is 1. The zero-order chi connectivity index (χ0) is 16.4. The summed E-state index contributed by atoms with van der Waals surface area (Å²) < 4.78 is 4.74. The molecular weight excluding hydrogens is 310 g/mol. The molecule has 0 aromatic heterocycles. The first kappa shape index (κ1) is 16.2. The van der Waals surface area contributed by atoms with E-state index >= 15 is 0 Å². The minimum Gasteiger partial charge on any atom is -0.465 e. The summed E-state index contributed by atoms with van der Waals surface area (Å²) in [4.78, 5) is 49.0. The molecule has 116 valence electrons. The lowest BCUT2D eigenvalue weighted by atomic mass is 10.0. The number of halogens is 1. The van der Waals surface area contributed by atoms with E-state index in [1.807, 2.05) is 0 Å². The van der Waals surface area contributed by atoms with Gasteiger partial charge in [0.25, 0.3) is 11.8 Å². The normalized spacial score (nSPS) is 14.5. The number of carbonyl (C=O) groups is 4. The van der Waals surface area contributed by atoms with Crippen molar-refractivity contribution in [2.45, 2.75) is 20.4 Å². The Hall–Kier alpha value is -2.21. The molecule has 1 unspecified atom stereocenters. The molecule has 1 aliphatic heterocycles. The maximum atomic E-state index is 12.4. The highest BCUT2D eigenvalue weighted by molar-refractivity contribution is 6.31. The van der Waals surface area contributed by atoms with Crippen molar-refractivity contribution in [1.82, 2.24) is 4.90 Å². The molecule has 1 aromatic rings. The van der Waals surface area contributed by atoms with Crippen LogP contribution in [-0.4, -0.2) is 35.1 Å². The summed E-state index contributed by atoms with van der Waals surface area (Å²) in [7, 11) is 0. The highest BCUT2D eigenvalue weighted by Crippen LogP contribution is 2.27. The quantitative estimate of drug-likeness (QED) is 0.621. The Bertz CT molecular complexity index is 670. The van der Waals surface area contributed by atoms with Crippen LogP contribution < -0.4 is 0 Å². The van der Waals surface area contributed by atoms with Crippen LogP contribution in [-0.2, 0) is 25.7 Å². The third kappa shape index (κ3) is 2.87. The molecule has 22 heavy (non-hydrogen) atoms. The minimum atomic E-state index is -1.62. The molecule has 0 bridgehead atoms. The van der Waals surface area contributed by atoms with Gasteiger partial charge in [0.1, 0.15) is 0 Å². The average Bonchev–Trinajstić information content (AvgIpc) is 2.76. The van der Waals surface area contributed by atoms with Crippen LogP contribution in [0.15, 0.2) is 18.2 Å². The van der Waals surface area contributed by atoms with Gasteiger partial charge >= 0.3 is 5.97 Å². The Morgan fingerprint density at radius 3 is 2.64 bits per heavy atom. The van der Waals surface area contributed by atoms with Crippen molar-refractivity contribution in [3.8, 4) is 0 Å². The molecule has 0 spiro atoms. The fourth-order valence-corrected chi connectivity index (χ4v) is 2.45. The summed E-state index contributed by atoms with van der Waals surface area (Å²) in [5, 5.41) is 0.370. The van der Waals surface area contributed by atoms with Crippen LogP contribution in [0, 0.1) is 5.92 Å². The van der Waals surface area contributed by atoms with Crippen LogP contribution >= 0.6 is 11.6 Å². The van der Waals surface area contributed by atoms with Gasteiger partial charge in [-0.25, -0.2) is 0 Å². The van der Waals surface area contributed by atoms with E-state index in [9.17, 15) is 19.2 Å². The molecule has 0 saturated heterocycles. The minimum absolute atomic E-state index is 0.00730. The van der Waals surface area contributed by atoms with Crippen molar-refractivity contribution in [3.63, 3.8) is 0 Å². The van der Waals surface area contributed by atoms with E-state index in [-0.39, 0.29) is 13.2 Å². The fourth-order valence-electron chi connectivity index (χ4n) is 2.27. The average molecular weight is 324 g/mol. The van der Waals surface area contributed by atoms with Crippen LogP contribution in [0.4, 0.5) is 0 Å². The van der Waals surface area contributed by atoms with Gasteiger partial charge < -0.3 is 4.74 Å².